The van der Waals surface area contributed by atoms with E-state index in [9.17, 15) is 0 Å². The Bertz CT molecular complexity index is 291. The lowest BCUT2D eigenvalue weighted by molar-refractivity contribution is 0.606. The first-order valence-electron chi connectivity index (χ1n) is 6.43. The molecule has 0 aliphatic heterocycles. The summed E-state index contributed by atoms with van der Waals surface area (Å²) in [6, 6.07) is 0. The Balaban J connectivity index is 1.65. The van der Waals surface area contributed by atoms with Gasteiger partial charge < -0.3 is 0 Å². The van der Waals surface area contributed by atoms with Crippen LogP contribution in [0.5, 0.6) is 0 Å². The smallest absolute Gasteiger partial charge is 0.00517 e. The average Bonchev–Trinajstić information content (AvgIpc) is 2.76. The summed E-state index contributed by atoms with van der Waals surface area (Å²) in [7, 11) is 0. The van der Waals surface area contributed by atoms with Crippen molar-refractivity contribution in [1.29, 1.82) is 0 Å². The summed E-state index contributed by atoms with van der Waals surface area (Å²) in [4.78, 5) is 0. The SMILES string of the molecule is C=C=CC1C2CC(=CCCCCCC)C12. The van der Waals surface area contributed by atoms with Gasteiger partial charge in [0.05, 0.1) is 0 Å². The van der Waals surface area contributed by atoms with Crippen molar-refractivity contribution in [2.24, 2.45) is 17.8 Å². The van der Waals surface area contributed by atoms with Crippen molar-refractivity contribution in [3.05, 3.63) is 30.0 Å². The van der Waals surface area contributed by atoms with Gasteiger partial charge in [-0.3, -0.25) is 0 Å². The lowest BCUT2D eigenvalue weighted by Gasteiger charge is -2.14. The van der Waals surface area contributed by atoms with Gasteiger partial charge in [-0.1, -0.05) is 44.4 Å². The molecule has 2 rings (SSSR count). The molecule has 0 amide bonds. The summed E-state index contributed by atoms with van der Waals surface area (Å²) < 4.78 is 0. The maximum atomic E-state index is 3.66. The summed E-state index contributed by atoms with van der Waals surface area (Å²) >= 11 is 0. The molecule has 3 unspecified atom stereocenters. The van der Waals surface area contributed by atoms with Gasteiger partial charge in [0.1, 0.15) is 0 Å². The van der Waals surface area contributed by atoms with Gasteiger partial charge in [0, 0.05) is 0 Å². The zero-order chi connectivity index (χ0) is 10.7. The summed E-state index contributed by atoms with van der Waals surface area (Å²) in [5.41, 5.74) is 4.66. The highest BCUT2D eigenvalue weighted by Crippen LogP contribution is 2.65. The quantitative estimate of drug-likeness (QED) is 0.338. The van der Waals surface area contributed by atoms with E-state index in [1.165, 1.54) is 38.5 Å². The van der Waals surface area contributed by atoms with Gasteiger partial charge in [-0.15, -0.1) is 5.73 Å². The van der Waals surface area contributed by atoms with E-state index in [1.54, 1.807) is 5.57 Å². The number of rotatable bonds is 6. The summed E-state index contributed by atoms with van der Waals surface area (Å²) in [6.45, 7) is 5.93. The Morgan fingerprint density at radius 1 is 1.40 bits per heavy atom. The fourth-order valence-corrected chi connectivity index (χ4v) is 2.87. The van der Waals surface area contributed by atoms with Crippen LogP contribution in [0.25, 0.3) is 0 Å². The van der Waals surface area contributed by atoms with Crippen molar-refractivity contribution in [3.63, 3.8) is 0 Å². The molecule has 0 N–H and O–H groups in total. The van der Waals surface area contributed by atoms with Gasteiger partial charge in [-0.25, -0.2) is 0 Å². The second-order valence-corrected chi connectivity index (χ2v) is 4.97. The molecule has 0 heteroatoms. The van der Waals surface area contributed by atoms with Crippen molar-refractivity contribution in [2.75, 3.05) is 0 Å². The van der Waals surface area contributed by atoms with E-state index >= 15 is 0 Å². The van der Waals surface area contributed by atoms with Crippen LogP contribution < -0.4 is 0 Å². The highest BCUT2D eigenvalue weighted by molar-refractivity contribution is 5.34. The Morgan fingerprint density at radius 3 is 3.00 bits per heavy atom. The van der Waals surface area contributed by atoms with Gasteiger partial charge >= 0.3 is 0 Å². The molecule has 0 nitrogen and oxygen atoms in total. The number of hydrogen-bond donors (Lipinski definition) is 0. The van der Waals surface area contributed by atoms with Gasteiger partial charge in [0.25, 0.3) is 0 Å². The largest absolute Gasteiger partial charge is 0.133 e. The first kappa shape index (κ1) is 10.8. The van der Waals surface area contributed by atoms with E-state index in [0.717, 1.165) is 17.8 Å². The molecule has 2 aliphatic rings. The van der Waals surface area contributed by atoms with Crippen LogP contribution in [0.4, 0.5) is 0 Å². The van der Waals surface area contributed by atoms with E-state index < -0.39 is 0 Å². The van der Waals surface area contributed by atoms with E-state index in [-0.39, 0.29) is 0 Å². The molecule has 0 aromatic carbocycles. The molecular formula is C15H22. The third kappa shape index (κ3) is 2.26. The lowest BCUT2D eigenvalue weighted by Crippen LogP contribution is -2.01. The van der Waals surface area contributed by atoms with Gasteiger partial charge in [-0.2, -0.15) is 0 Å². The fraction of sp³-hybridized carbons (Fsp3) is 0.667. The molecule has 3 atom stereocenters. The Hall–Kier alpha value is -0.740. The maximum Gasteiger partial charge on any atom is -0.00517 e. The Morgan fingerprint density at radius 2 is 2.27 bits per heavy atom. The standard InChI is InChI=1S/C15H22/c1-3-5-6-7-8-10-12-11-14-13(9-4-2)15(12)14/h9-10,13-15H,2-3,5-8,11H2,1H3. The molecule has 0 spiro atoms. The summed E-state index contributed by atoms with van der Waals surface area (Å²) in [5.74, 6) is 2.69. The highest BCUT2D eigenvalue weighted by Gasteiger charge is 2.58. The molecule has 2 fully saturated rings. The first-order valence-corrected chi connectivity index (χ1v) is 6.43. The molecular weight excluding hydrogens is 180 g/mol. The van der Waals surface area contributed by atoms with E-state index in [2.05, 4.69) is 31.4 Å². The molecule has 0 bridgehead atoms. The number of hydrogen-bond acceptors (Lipinski definition) is 0. The van der Waals surface area contributed by atoms with Crippen molar-refractivity contribution in [2.45, 2.75) is 45.4 Å². The van der Waals surface area contributed by atoms with Crippen LogP contribution in [0.15, 0.2) is 30.0 Å². The van der Waals surface area contributed by atoms with Gasteiger partial charge in [0.15, 0.2) is 0 Å². The Labute approximate surface area is 93.8 Å². The van der Waals surface area contributed by atoms with Gasteiger partial charge in [-0.05, 0) is 43.1 Å². The van der Waals surface area contributed by atoms with Crippen molar-refractivity contribution >= 4 is 0 Å². The topological polar surface area (TPSA) is 0 Å². The predicted molar refractivity (Wildman–Crippen MR) is 65.6 cm³/mol. The number of unbranched alkanes of at least 4 members (excludes halogenated alkanes) is 4. The highest BCUT2D eigenvalue weighted by atomic mass is 14.6. The van der Waals surface area contributed by atoms with Crippen molar-refractivity contribution in [1.82, 2.24) is 0 Å². The molecule has 2 saturated carbocycles. The van der Waals surface area contributed by atoms with Crippen LogP contribution in [0.3, 0.4) is 0 Å². The van der Waals surface area contributed by atoms with Crippen molar-refractivity contribution in [3.8, 4) is 0 Å². The minimum absolute atomic E-state index is 0.810. The fourth-order valence-electron chi connectivity index (χ4n) is 2.87. The molecule has 0 heterocycles. The monoisotopic (exact) mass is 202 g/mol. The molecule has 0 aromatic rings. The zero-order valence-corrected chi connectivity index (χ0v) is 9.84. The van der Waals surface area contributed by atoms with Crippen molar-refractivity contribution < 1.29 is 0 Å². The second kappa shape index (κ2) is 4.86. The maximum absolute atomic E-state index is 3.66. The Kier molecular flexibility index (Phi) is 3.49. The third-order valence-corrected chi connectivity index (χ3v) is 3.90. The predicted octanol–water partition coefficient (Wildman–Crippen LogP) is 4.49. The minimum atomic E-state index is 0.810. The number of fused-ring (bicyclic) bond motifs is 1. The minimum Gasteiger partial charge on any atom is -0.133 e. The first-order chi connectivity index (χ1) is 7.38. The van der Waals surface area contributed by atoms with Crippen LogP contribution in [-0.4, -0.2) is 0 Å². The molecule has 0 saturated heterocycles. The van der Waals surface area contributed by atoms with Crippen LogP contribution in [-0.2, 0) is 0 Å². The molecule has 0 radical (unpaired) electrons. The lowest BCUT2D eigenvalue weighted by atomic mass is 9.91. The average molecular weight is 202 g/mol. The normalized spacial score (nSPS) is 34.2. The van der Waals surface area contributed by atoms with Crippen LogP contribution in [0.2, 0.25) is 0 Å². The van der Waals surface area contributed by atoms with E-state index in [1.807, 2.05) is 0 Å². The zero-order valence-electron chi connectivity index (χ0n) is 9.84. The van der Waals surface area contributed by atoms with E-state index in [0.29, 0.717) is 0 Å². The molecule has 82 valence electrons. The molecule has 2 aliphatic carbocycles. The number of allylic oxidation sites excluding steroid dienone is 3. The third-order valence-electron chi connectivity index (χ3n) is 3.90. The molecule has 0 aromatic heterocycles. The van der Waals surface area contributed by atoms with E-state index in [4.69, 9.17) is 0 Å². The molecule has 15 heavy (non-hydrogen) atoms. The summed E-state index contributed by atoms with van der Waals surface area (Å²) in [6.07, 6.45) is 12.9. The van der Waals surface area contributed by atoms with Crippen LogP contribution in [0, 0.1) is 17.8 Å². The summed E-state index contributed by atoms with van der Waals surface area (Å²) in [5, 5.41) is 0. The van der Waals surface area contributed by atoms with Gasteiger partial charge in [0.2, 0.25) is 0 Å². The van der Waals surface area contributed by atoms with Crippen LogP contribution >= 0.6 is 0 Å². The van der Waals surface area contributed by atoms with Crippen LogP contribution in [0.1, 0.15) is 45.4 Å². The second-order valence-electron chi connectivity index (χ2n) is 4.97.